The molecule has 0 spiro atoms. The first-order valence-electron chi connectivity index (χ1n) is 5.27. The third-order valence-electron chi connectivity index (χ3n) is 2.77. The number of aromatic amines is 1. The molecule has 1 aliphatic rings. The molecular formula is C10H14N2O4. The Hall–Kier alpha value is -1.40. The van der Waals surface area contributed by atoms with Gasteiger partial charge in [-0.1, -0.05) is 6.92 Å². The van der Waals surface area contributed by atoms with Crippen LogP contribution in [-0.2, 0) is 4.74 Å². The van der Waals surface area contributed by atoms with E-state index in [-0.39, 0.29) is 6.10 Å². The van der Waals surface area contributed by atoms with E-state index < -0.39 is 23.6 Å². The molecule has 0 amide bonds. The van der Waals surface area contributed by atoms with Crippen molar-refractivity contribution in [3.05, 3.63) is 33.1 Å². The molecule has 0 unspecified atom stereocenters. The van der Waals surface area contributed by atoms with Crippen LogP contribution >= 0.6 is 0 Å². The lowest BCUT2D eigenvalue weighted by atomic mass is 10.1. The SMILES string of the molecule is CC[C@H]1O[C@@H](n2ccc(=O)[nH]c2=O)C[C@@H]1O. The monoisotopic (exact) mass is 226 g/mol. The molecule has 1 saturated heterocycles. The van der Waals surface area contributed by atoms with E-state index in [0.29, 0.717) is 12.8 Å². The van der Waals surface area contributed by atoms with Crippen molar-refractivity contribution in [2.75, 3.05) is 0 Å². The maximum atomic E-state index is 11.5. The summed E-state index contributed by atoms with van der Waals surface area (Å²) in [5, 5.41) is 9.65. The van der Waals surface area contributed by atoms with Crippen molar-refractivity contribution in [3.63, 3.8) is 0 Å². The minimum absolute atomic E-state index is 0.246. The molecule has 2 rings (SSSR count). The Kier molecular flexibility index (Phi) is 2.93. The molecule has 1 fully saturated rings. The molecule has 0 aliphatic carbocycles. The number of ether oxygens (including phenoxy) is 1. The average molecular weight is 226 g/mol. The quantitative estimate of drug-likeness (QED) is 0.718. The predicted octanol–water partition coefficient (Wildman–Crippen LogP) is -0.405. The van der Waals surface area contributed by atoms with Gasteiger partial charge in [0.25, 0.3) is 5.56 Å². The van der Waals surface area contributed by atoms with Gasteiger partial charge in [-0.05, 0) is 6.42 Å². The van der Waals surface area contributed by atoms with Gasteiger partial charge < -0.3 is 9.84 Å². The molecule has 16 heavy (non-hydrogen) atoms. The summed E-state index contributed by atoms with van der Waals surface area (Å²) in [4.78, 5) is 24.5. The van der Waals surface area contributed by atoms with Gasteiger partial charge in [-0.3, -0.25) is 14.3 Å². The lowest BCUT2D eigenvalue weighted by molar-refractivity contribution is -0.0217. The first-order chi connectivity index (χ1) is 7.61. The second-order valence-electron chi connectivity index (χ2n) is 3.86. The van der Waals surface area contributed by atoms with Crippen molar-refractivity contribution >= 4 is 0 Å². The first-order valence-corrected chi connectivity index (χ1v) is 5.27. The van der Waals surface area contributed by atoms with E-state index in [4.69, 9.17) is 4.74 Å². The molecule has 2 N–H and O–H groups in total. The van der Waals surface area contributed by atoms with Gasteiger partial charge in [-0.2, -0.15) is 0 Å². The van der Waals surface area contributed by atoms with Gasteiger partial charge in [0.05, 0.1) is 12.2 Å². The van der Waals surface area contributed by atoms with Crippen molar-refractivity contribution in [3.8, 4) is 0 Å². The summed E-state index contributed by atoms with van der Waals surface area (Å²) in [6.45, 7) is 1.91. The topological polar surface area (TPSA) is 84.3 Å². The fraction of sp³-hybridized carbons (Fsp3) is 0.600. The third kappa shape index (κ3) is 1.94. The van der Waals surface area contributed by atoms with Gasteiger partial charge in [-0.15, -0.1) is 0 Å². The molecule has 1 aromatic heterocycles. The molecule has 6 nitrogen and oxygen atoms in total. The van der Waals surface area contributed by atoms with Gasteiger partial charge in [0.15, 0.2) is 0 Å². The molecule has 0 radical (unpaired) electrons. The highest BCUT2D eigenvalue weighted by molar-refractivity contribution is 4.87. The van der Waals surface area contributed by atoms with Crippen molar-refractivity contribution < 1.29 is 9.84 Å². The highest BCUT2D eigenvalue weighted by atomic mass is 16.5. The number of nitrogens with zero attached hydrogens (tertiary/aromatic N) is 1. The van der Waals surface area contributed by atoms with Gasteiger partial charge in [-0.25, -0.2) is 4.79 Å². The summed E-state index contributed by atoms with van der Waals surface area (Å²) in [5.41, 5.74) is -0.951. The summed E-state index contributed by atoms with van der Waals surface area (Å²) < 4.78 is 6.81. The number of rotatable bonds is 2. The number of aromatic nitrogens is 2. The number of H-pyrrole nitrogens is 1. The van der Waals surface area contributed by atoms with Crippen LogP contribution in [0.15, 0.2) is 21.9 Å². The average Bonchev–Trinajstić information content (AvgIpc) is 2.59. The summed E-state index contributed by atoms with van der Waals surface area (Å²) in [6, 6.07) is 1.26. The zero-order valence-corrected chi connectivity index (χ0v) is 8.92. The highest BCUT2D eigenvalue weighted by Crippen LogP contribution is 2.28. The maximum Gasteiger partial charge on any atom is 0.330 e. The van der Waals surface area contributed by atoms with Gasteiger partial charge in [0.1, 0.15) is 6.23 Å². The van der Waals surface area contributed by atoms with E-state index in [9.17, 15) is 14.7 Å². The minimum atomic E-state index is -0.561. The van der Waals surface area contributed by atoms with Crippen LogP contribution in [0, 0.1) is 0 Å². The largest absolute Gasteiger partial charge is 0.390 e. The van der Waals surface area contributed by atoms with E-state index in [1.807, 2.05) is 6.92 Å². The summed E-state index contributed by atoms with van der Waals surface area (Å²) in [5.74, 6) is 0. The molecule has 1 aromatic rings. The Bertz CT molecular complexity index is 478. The number of hydrogen-bond acceptors (Lipinski definition) is 4. The van der Waals surface area contributed by atoms with E-state index >= 15 is 0 Å². The summed E-state index contributed by atoms with van der Waals surface area (Å²) in [7, 11) is 0. The number of hydrogen-bond donors (Lipinski definition) is 2. The fourth-order valence-corrected chi connectivity index (χ4v) is 1.91. The molecule has 88 valence electrons. The summed E-state index contributed by atoms with van der Waals surface area (Å²) >= 11 is 0. The molecule has 6 heteroatoms. The van der Waals surface area contributed by atoms with Crippen LogP contribution in [0.25, 0.3) is 0 Å². The van der Waals surface area contributed by atoms with Crippen LogP contribution in [0.1, 0.15) is 26.0 Å². The zero-order valence-electron chi connectivity index (χ0n) is 8.92. The van der Waals surface area contributed by atoms with Gasteiger partial charge >= 0.3 is 5.69 Å². The molecule has 2 heterocycles. The van der Waals surface area contributed by atoms with Crippen LogP contribution in [0.3, 0.4) is 0 Å². The Morgan fingerprint density at radius 1 is 1.62 bits per heavy atom. The molecule has 0 bridgehead atoms. The fourth-order valence-electron chi connectivity index (χ4n) is 1.91. The van der Waals surface area contributed by atoms with Crippen LogP contribution in [0.4, 0.5) is 0 Å². The Morgan fingerprint density at radius 3 is 2.94 bits per heavy atom. The van der Waals surface area contributed by atoms with E-state index in [1.165, 1.54) is 16.8 Å². The van der Waals surface area contributed by atoms with Crippen LogP contribution in [0.5, 0.6) is 0 Å². The first kappa shape index (κ1) is 11.1. The van der Waals surface area contributed by atoms with Gasteiger partial charge in [0.2, 0.25) is 0 Å². The zero-order chi connectivity index (χ0) is 11.7. The van der Waals surface area contributed by atoms with Crippen LogP contribution < -0.4 is 11.2 Å². The van der Waals surface area contributed by atoms with E-state index in [2.05, 4.69) is 4.98 Å². The van der Waals surface area contributed by atoms with Crippen molar-refractivity contribution in [1.29, 1.82) is 0 Å². The third-order valence-corrected chi connectivity index (χ3v) is 2.77. The van der Waals surface area contributed by atoms with Crippen LogP contribution in [0.2, 0.25) is 0 Å². The molecule has 1 aliphatic heterocycles. The van der Waals surface area contributed by atoms with Crippen molar-refractivity contribution in [2.45, 2.75) is 38.2 Å². The minimum Gasteiger partial charge on any atom is -0.390 e. The molecule has 3 atom stereocenters. The maximum absolute atomic E-state index is 11.5. The molecular weight excluding hydrogens is 212 g/mol. The summed E-state index contributed by atoms with van der Waals surface area (Å²) in [6.07, 6.45) is 1.14. The smallest absolute Gasteiger partial charge is 0.330 e. The Labute approximate surface area is 91.5 Å². The second kappa shape index (κ2) is 4.23. The van der Waals surface area contributed by atoms with Crippen LogP contribution in [-0.4, -0.2) is 26.9 Å². The number of aliphatic hydroxyl groups excluding tert-OH is 1. The number of nitrogens with one attached hydrogen (secondary N) is 1. The predicted molar refractivity (Wildman–Crippen MR) is 56.1 cm³/mol. The normalized spacial score (nSPS) is 29.5. The van der Waals surface area contributed by atoms with Crippen molar-refractivity contribution in [1.82, 2.24) is 9.55 Å². The molecule has 0 saturated carbocycles. The highest BCUT2D eigenvalue weighted by Gasteiger charge is 2.33. The number of aliphatic hydroxyl groups is 1. The molecule has 0 aromatic carbocycles. The lowest BCUT2D eigenvalue weighted by Crippen LogP contribution is -2.31. The Morgan fingerprint density at radius 2 is 2.38 bits per heavy atom. The van der Waals surface area contributed by atoms with Crippen molar-refractivity contribution in [2.24, 2.45) is 0 Å². The standard InChI is InChI=1S/C10H14N2O4/c1-2-7-6(13)5-9(16-7)12-4-3-8(14)11-10(12)15/h3-4,6-7,9,13H,2,5H2,1H3,(H,11,14,15)/t6-,7+,9+/m0/s1. The lowest BCUT2D eigenvalue weighted by Gasteiger charge is -2.14. The van der Waals surface area contributed by atoms with E-state index in [1.54, 1.807) is 0 Å². The second-order valence-corrected chi connectivity index (χ2v) is 3.86. The Balaban J connectivity index is 2.27. The van der Waals surface area contributed by atoms with E-state index in [0.717, 1.165) is 0 Å². The van der Waals surface area contributed by atoms with Gasteiger partial charge in [0, 0.05) is 18.7 Å².